The lowest BCUT2D eigenvalue weighted by molar-refractivity contribution is 0.00578. The molecule has 0 spiro atoms. The first kappa shape index (κ1) is 19.2. The molecule has 0 saturated carbocycles. The van der Waals surface area contributed by atoms with Gasteiger partial charge in [0.2, 0.25) is 0 Å². The third-order valence-electron chi connectivity index (χ3n) is 4.15. The van der Waals surface area contributed by atoms with Crippen LogP contribution in [0, 0.1) is 5.82 Å². The summed E-state index contributed by atoms with van der Waals surface area (Å²) in [6, 6.07) is 5.91. The molecule has 2 rings (SSSR count). The van der Waals surface area contributed by atoms with E-state index in [1.165, 1.54) is 12.1 Å². The fraction of sp³-hybridized carbons (Fsp3) is 0.600. The molecule has 0 bridgehead atoms. The Morgan fingerprint density at radius 3 is 2.14 bits per heavy atom. The van der Waals surface area contributed by atoms with Crippen molar-refractivity contribution in [1.82, 2.24) is 0 Å². The molecule has 1 aliphatic rings. The normalized spacial score (nSPS) is 20.4. The van der Waals surface area contributed by atoms with Crippen molar-refractivity contribution < 1.29 is 18.4 Å². The van der Waals surface area contributed by atoms with E-state index in [1.807, 2.05) is 27.7 Å². The first-order chi connectivity index (χ1) is 9.71. The Morgan fingerprint density at radius 2 is 1.64 bits per heavy atom. The zero-order chi connectivity index (χ0) is 15.7. The Morgan fingerprint density at radius 1 is 1.14 bits per heavy atom. The van der Waals surface area contributed by atoms with Crippen LogP contribution >= 0.6 is 12.4 Å². The highest BCUT2D eigenvalue weighted by Crippen LogP contribution is 2.37. The maximum atomic E-state index is 12.8. The Hall–Kier alpha value is -0.815. The molecule has 1 atom stereocenters. The molecule has 22 heavy (non-hydrogen) atoms. The summed E-state index contributed by atoms with van der Waals surface area (Å²) in [5.74, 6) is 0.0697. The van der Waals surface area contributed by atoms with Gasteiger partial charge < -0.3 is 19.8 Å². The zero-order valence-corrected chi connectivity index (χ0v) is 14.3. The molecular formula is C15H24BClFNO3. The predicted molar refractivity (Wildman–Crippen MR) is 87.8 cm³/mol. The van der Waals surface area contributed by atoms with Gasteiger partial charge in [0.05, 0.1) is 17.8 Å². The van der Waals surface area contributed by atoms with E-state index in [9.17, 15) is 4.39 Å². The van der Waals surface area contributed by atoms with Crippen molar-refractivity contribution in [2.24, 2.45) is 5.73 Å². The minimum absolute atomic E-state index is 0. The van der Waals surface area contributed by atoms with Crippen LogP contribution in [0.4, 0.5) is 4.39 Å². The van der Waals surface area contributed by atoms with Gasteiger partial charge in [-0.2, -0.15) is 0 Å². The average molecular weight is 332 g/mol. The van der Waals surface area contributed by atoms with E-state index < -0.39 is 7.12 Å². The highest BCUT2D eigenvalue weighted by atomic mass is 35.5. The van der Waals surface area contributed by atoms with Crippen LogP contribution in [0.5, 0.6) is 5.75 Å². The minimum atomic E-state index is -0.438. The Balaban J connectivity index is 0.00000242. The topological polar surface area (TPSA) is 53.7 Å². The fourth-order valence-corrected chi connectivity index (χ4v) is 2.04. The number of halogens is 2. The monoisotopic (exact) mass is 331 g/mol. The number of rotatable bonds is 5. The Bertz CT molecular complexity index is 468. The molecule has 7 heteroatoms. The van der Waals surface area contributed by atoms with Crippen LogP contribution in [0.15, 0.2) is 24.3 Å². The molecule has 0 unspecified atom stereocenters. The van der Waals surface area contributed by atoms with Crippen molar-refractivity contribution in [3.05, 3.63) is 30.1 Å². The summed E-state index contributed by atoms with van der Waals surface area (Å²) in [5, 5.41) is 0. The third-order valence-corrected chi connectivity index (χ3v) is 4.15. The van der Waals surface area contributed by atoms with Gasteiger partial charge in [0, 0.05) is 5.94 Å². The van der Waals surface area contributed by atoms with Crippen LogP contribution in [0.3, 0.4) is 0 Å². The molecule has 1 heterocycles. The fourth-order valence-electron chi connectivity index (χ4n) is 2.04. The second kappa shape index (κ2) is 7.17. The quantitative estimate of drug-likeness (QED) is 0.843. The number of hydrogen-bond donors (Lipinski definition) is 1. The molecule has 124 valence electrons. The molecule has 0 amide bonds. The number of ether oxygens (including phenoxy) is 1. The van der Waals surface area contributed by atoms with Gasteiger partial charge in [-0.3, -0.25) is 0 Å². The lowest BCUT2D eigenvalue weighted by Crippen LogP contribution is -2.42. The molecule has 2 N–H and O–H groups in total. The van der Waals surface area contributed by atoms with E-state index in [4.69, 9.17) is 19.8 Å². The van der Waals surface area contributed by atoms with E-state index in [0.717, 1.165) is 0 Å². The standard InChI is InChI=1S/C15H23BFNO3.ClH/c1-14(2)15(3,4)21-16(20-14)13(18)9-10-19-12-7-5-11(17)6-8-12;/h5-8,13H,9-10,18H2,1-4H3;1H/t13-;/m0./s1. The second-order valence-electron chi connectivity index (χ2n) is 6.38. The summed E-state index contributed by atoms with van der Waals surface area (Å²) in [5.41, 5.74) is 5.36. The minimum Gasteiger partial charge on any atom is -0.494 e. The Kier molecular flexibility index (Phi) is 6.27. The lowest BCUT2D eigenvalue weighted by Gasteiger charge is -2.32. The molecule has 1 saturated heterocycles. The molecule has 4 nitrogen and oxygen atoms in total. The van der Waals surface area contributed by atoms with Gasteiger partial charge in [-0.1, -0.05) is 0 Å². The van der Waals surface area contributed by atoms with Gasteiger partial charge in [0.15, 0.2) is 0 Å². The van der Waals surface area contributed by atoms with E-state index in [2.05, 4.69) is 0 Å². The lowest BCUT2D eigenvalue weighted by atomic mass is 9.77. The van der Waals surface area contributed by atoms with Crippen molar-refractivity contribution in [1.29, 1.82) is 0 Å². The van der Waals surface area contributed by atoms with Gasteiger partial charge in [-0.15, -0.1) is 12.4 Å². The van der Waals surface area contributed by atoms with Crippen LogP contribution in [-0.4, -0.2) is 30.9 Å². The summed E-state index contributed by atoms with van der Waals surface area (Å²) >= 11 is 0. The van der Waals surface area contributed by atoms with Gasteiger partial charge >= 0.3 is 7.12 Å². The zero-order valence-electron chi connectivity index (χ0n) is 13.5. The van der Waals surface area contributed by atoms with Crippen molar-refractivity contribution >= 4 is 19.5 Å². The van der Waals surface area contributed by atoms with Gasteiger partial charge in [-0.05, 0) is 58.4 Å². The summed E-state index contributed by atoms with van der Waals surface area (Å²) in [7, 11) is -0.438. The van der Waals surface area contributed by atoms with Crippen LogP contribution in [0.1, 0.15) is 34.1 Å². The first-order valence-electron chi connectivity index (χ1n) is 7.21. The molecule has 1 fully saturated rings. The average Bonchev–Trinajstić information content (AvgIpc) is 2.61. The van der Waals surface area contributed by atoms with Gasteiger partial charge in [0.1, 0.15) is 11.6 Å². The van der Waals surface area contributed by atoms with Gasteiger partial charge in [0.25, 0.3) is 0 Å². The predicted octanol–water partition coefficient (Wildman–Crippen LogP) is 2.98. The summed E-state index contributed by atoms with van der Waals surface area (Å²) in [6.07, 6.45) is 0.591. The van der Waals surface area contributed by atoms with E-state index >= 15 is 0 Å². The summed E-state index contributed by atoms with van der Waals surface area (Å²) < 4.78 is 30.1. The maximum absolute atomic E-state index is 12.8. The van der Waals surface area contributed by atoms with E-state index in [1.54, 1.807) is 12.1 Å². The van der Waals surface area contributed by atoms with Crippen molar-refractivity contribution in [2.75, 3.05) is 6.61 Å². The molecule has 1 aromatic carbocycles. The number of hydrogen-bond acceptors (Lipinski definition) is 4. The van der Waals surface area contributed by atoms with Crippen LogP contribution < -0.4 is 10.5 Å². The summed E-state index contributed by atoms with van der Waals surface area (Å²) in [4.78, 5) is 0. The van der Waals surface area contributed by atoms with Crippen LogP contribution in [-0.2, 0) is 9.31 Å². The first-order valence-corrected chi connectivity index (χ1v) is 7.21. The molecule has 0 radical (unpaired) electrons. The molecule has 0 aliphatic carbocycles. The van der Waals surface area contributed by atoms with Crippen molar-refractivity contribution in [3.8, 4) is 5.75 Å². The van der Waals surface area contributed by atoms with E-state index in [0.29, 0.717) is 18.8 Å². The van der Waals surface area contributed by atoms with E-state index in [-0.39, 0.29) is 35.4 Å². The largest absolute Gasteiger partial charge is 0.494 e. The molecule has 0 aromatic heterocycles. The molecular weight excluding hydrogens is 307 g/mol. The highest BCUT2D eigenvalue weighted by molar-refractivity contribution is 6.47. The van der Waals surface area contributed by atoms with Gasteiger partial charge in [-0.25, -0.2) is 4.39 Å². The molecule has 1 aliphatic heterocycles. The third kappa shape index (κ3) is 4.35. The summed E-state index contributed by atoms with van der Waals surface area (Å²) in [6.45, 7) is 8.41. The second-order valence-corrected chi connectivity index (χ2v) is 6.38. The number of nitrogens with two attached hydrogens (primary N) is 1. The van der Waals surface area contributed by atoms with Crippen molar-refractivity contribution in [3.63, 3.8) is 0 Å². The Labute approximate surface area is 138 Å². The van der Waals surface area contributed by atoms with Crippen molar-refractivity contribution in [2.45, 2.75) is 51.3 Å². The van der Waals surface area contributed by atoms with Crippen LogP contribution in [0.25, 0.3) is 0 Å². The maximum Gasteiger partial charge on any atom is 0.475 e. The smallest absolute Gasteiger partial charge is 0.475 e. The van der Waals surface area contributed by atoms with Crippen LogP contribution in [0.2, 0.25) is 0 Å². The molecule has 1 aromatic rings. The SMILES string of the molecule is CC1(C)OB([C@@H](N)CCOc2ccc(F)cc2)OC1(C)C.Cl. The highest BCUT2D eigenvalue weighted by Gasteiger charge is 2.52. The number of benzene rings is 1.